The van der Waals surface area contributed by atoms with Crippen molar-refractivity contribution in [1.82, 2.24) is 5.32 Å². The SMILES string of the molecule is CCCCCC/C=C\CCC(O)C(=O)NC(COC1OC(CO)C(O)C(O)C1O)C(O)C(O)CCCCCCCCCCCCCCCCCCCCCCCCCCCCCCCC. The van der Waals surface area contributed by atoms with E-state index in [4.69, 9.17) is 9.47 Å². The lowest BCUT2D eigenvalue weighted by atomic mass is 9.98. The fourth-order valence-corrected chi connectivity index (χ4v) is 9.03. The standard InChI is InChI=1S/C54H105NO10/c1-3-5-7-9-11-13-14-15-16-17-18-19-20-21-22-23-24-25-26-27-28-29-30-31-32-33-34-36-37-39-41-46(57)49(59)45(44-64-54-52(62)51(61)50(60)48(43-56)65-54)55-53(63)47(58)42-40-38-35-12-10-8-6-4-2/h35,38,45-52,54,56-62H,3-34,36-37,39-44H2,1-2H3,(H,55,63)/b38-35-. The molecule has 1 heterocycles. The molecular weight excluding hydrogens is 823 g/mol. The summed E-state index contributed by atoms with van der Waals surface area (Å²) >= 11 is 0. The average Bonchev–Trinajstić information content (AvgIpc) is 3.31. The molecule has 0 saturated carbocycles. The molecule has 0 aromatic carbocycles. The monoisotopic (exact) mass is 928 g/mol. The molecule has 1 rings (SSSR count). The van der Waals surface area contributed by atoms with E-state index in [1.54, 1.807) is 0 Å². The lowest BCUT2D eigenvalue weighted by molar-refractivity contribution is -0.303. The van der Waals surface area contributed by atoms with Gasteiger partial charge in [-0.05, 0) is 32.1 Å². The van der Waals surface area contributed by atoms with E-state index in [0.717, 1.165) is 32.1 Å². The molecule has 0 radical (unpaired) electrons. The van der Waals surface area contributed by atoms with Crippen LogP contribution >= 0.6 is 0 Å². The first-order valence-corrected chi connectivity index (χ1v) is 27.6. The van der Waals surface area contributed by atoms with E-state index in [2.05, 4.69) is 25.2 Å². The molecule has 1 aliphatic rings. The first-order chi connectivity index (χ1) is 31.7. The first-order valence-electron chi connectivity index (χ1n) is 27.6. The van der Waals surface area contributed by atoms with Crippen molar-refractivity contribution < 1.29 is 50.0 Å². The number of aliphatic hydroxyl groups is 7. The van der Waals surface area contributed by atoms with Gasteiger partial charge in [0.1, 0.15) is 36.6 Å². The molecular formula is C54H105NO10. The van der Waals surface area contributed by atoms with Crippen LogP contribution in [-0.4, -0.2) is 110 Å². The Labute approximate surface area is 398 Å². The van der Waals surface area contributed by atoms with Gasteiger partial charge >= 0.3 is 0 Å². The van der Waals surface area contributed by atoms with Gasteiger partial charge in [0.15, 0.2) is 6.29 Å². The van der Waals surface area contributed by atoms with Crippen molar-refractivity contribution >= 4 is 5.91 Å². The smallest absolute Gasteiger partial charge is 0.249 e. The number of hydrogen-bond donors (Lipinski definition) is 8. The number of unbranched alkanes of at least 4 members (excludes halogenated alkanes) is 33. The molecule has 9 unspecified atom stereocenters. The van der Waals surface area contributed by atoms with Gasteiger partial charge in [0.25, 0.3) is 0 Å². The van der Waals surface area contributed by atoms with Gasteiger partial charge in [-0.1, -0.05) is 238 Å². The summed E-state index contributed by atoms with van der Waals surface area (Å²) < 4.78 is 11.1. The Morgan fingerprint density at radius 2 is 0.908 bits per heavy atom. The summed E-state index contributed by atoms with van der Waals surface area (Å²) in [4.78, 5) is 13.0. The third kappa shape index (κ3) is 33.1. The molecule has 0 aliphatic carbocycles. The molecule has 11 heteroatoms. The van der Waals surface area contributed by atoms with E-state index in [-0.39, 0.29) is 6.42 Å². The summed E-state index contributed by atoms with van der Waals surface area (Å²) in [6.45, 7) is 3.39. The molecule has 8 N–H and O–H groups in total. The van der Waals surface area contributed by atoms with E-state index in [0.29, 0.717) is 19.3 Å². The third-order valence-electron chi connectivity index (χ3n) is 13.6. The summed E-state index contributed by atoms with van der Waals surface area (Å²) in [5.41, 5.74) is 0. The Balaban J connectivity index is 2.18. The maximum absolute atomic E-state index is 13.0. The fraction of sp³-hybridized carbons (Fsp3) is 0.944. The lowest BCUT2D eigenvalue weighted by Gasteiger charge is -2.40. The van der Waals surface area contributed by atoms with Gasteiger partial charge in [-0.15, -0.1) is 0 Å². The van der Waals surface area contributed by atoms with Crippen LogP contribution in [0.15, 0.2) is 12.2 Å². The number of rotatable bonds is 47. The van der Waals surface area contributed by atoms with Crippen LogP contribution in [0.4, 0.5) is 0 Å². The number of carbonyl (C=O) groups is 1. The average molecular weight is 928 g/mol. The highest BCUT2D eigenvalue weighted by Gasteiger charge is 2.44. The molecule has 0 aromatic heterocycles. The lowest BCUT2D eigenvalue weighted by Crippen LogP contribution is -2.60. The molecule has 11 nitrogen and oxygen atoms in total. The summed E-state index contributed by atoms with van der Waals surface area (Å²) in [5, 5.41) is 75.6. The molecule has 0 bridgehead atoms. The number of carbonyl (C=O) groups excluding carboxylic acids is 1. The summed E-state index contributed by atoms with van der Waals surface area (Å²) in [5.74, 6) is -0.731. The van der Waals surface area contributed by atoms with Gasteiger partial charge in [0.2, 0.25) is 5.91 Å². The van der Waals surface area contributed by atoms with Crippen molar-refractivity contribution in [1.29, 1.82) is 0 Å². The largest absolute Gasteiger partial charge is 0.394 e. The predicted molar refractivity (Wildman–Crippen MR) is 266 cm³/mol. The highest BCUT2D eigenvalue weighted by molar-refractivity contribution is 5.80. The minimum absolute atomic E-state index is 0.176. The van der Waals surface area contributed by atoms with Crippen molar-refractivity contribution in [3.8, 4) is 0 Å². The third-order valence-corrected chi connectivity index (χ3v) is 13.6. The quantitative estimate of drug-likeness (QED) is 0.0215. The first kappa shape index (κ1) is 61.9. The Morgan fingerprint density at radius 1 is 0.523 bits per heavy atom. The second-order valence-electron chi connectivity index (χ2n) is 19.7. The second-order valence-corrected chi connectivity index (χ2v) is 19.7. The zero-order valence-electron chi connectivity index (χ0n) is 42.0. The molecule has 1 amide bonds. The number of nitrogens with one attached hydrogen (secondary N) is 1. The second kappa shape index (κ2) is 44.1. The van der Waals surface area contributed by atoms with E-state index in [1.807, 2.05) is 6.08 Å². The summed E-state index contributed by atoms with van der Waals surface area (Å²) in [6, 6.07) is -1.18. The molecule has 386 valence electrons. The highest BCUT2D eigenvalue weighted by Crippen LogP contribution is 2.23. The van der Waals surface area contributed by atoms with Crippen molar-refractivity contribution in [3.63, 3.8) is 0 Å². The minimum Gasteiger partial charge on any atom is -0.394 e. The molecule has 0 aromatic rings. The van der Waals surface area contributed by atoms with E-state index >= 15 is 0 Å². The molecule has 1 fully saturated rings. The van der Waals surface area contributed by atoms with Gasteiger partial charge in [-0.25, -0.2) is 0 Å². The number of allylic oxidation sites excluding steroid dienone is 2. The predicted octanol–water partition coefficient (Wildman–Crippen LogP) is 10.8. The van der Waals surface area contributed by atoms with Crippen molar-refractivity contribution in [2.75, 3.05) is 13.2 Å². The summed E-state index contributed by atoms with van der Waals surface area (Å²) in [7, 11) is 0. The van der Waals surface area contributed by atoms with Gasteiger partial charge in [0.05, 0.1) is 25.4 Å². The van der Waals surface area contributed by atoms with Crippen LogP contribution in [0.3, 0.4) is 0 Å². The molecule has 0 spiro atoms. The van der Waals surface area contributed by atoms with Crippen LogP contribution in [-0.2, 0) is 14.3 Å². The van der Waals surface area contributed by atoms with Crippen LogP contribution in [0.2, 0.25) is 0 Å². The van der Waals surface area contributed by atoms with Gasteiger partial charge < -0.3 is 50.5 Å². The number of aliphatic hydroxyl groups excluding tert-OH is 7. The zero-order chi connectivity index (χ0) is 47.6. The van der Waals surface area contributed by atoms with Crippen molar-refractivity contribution in [2.45, 2.75) is 313 Å². The molecule has 9 atom stereocenters. The van der Waals surface area contributed by atoms with E-state index in [9.17, 15) is 40.5 Å². The Kier molecular flexibility index (Phi) is 42.0. The topological polar surface area (TPSA) is 189 Å². The maximum atomic E-state index is 13.0. The highest BCUT2D eigenvalue weighted by atomic mass is 16.7. The molecule has 1 aliphatic heterocycles. The van der Waals surface area contributed by atoms with Gasteiger partial charge in [0, 0.05) is 0 Å². The zero-order valence-corrected chi connectivity index (χ0v) is 42.0. The summed E-state index contributed by atoms with van der Waals surface area (Å²) in [6.07, 6.45) is 39.0. The Hall–Kier alpha value is -1.15. The van der Waals surface area contributed by atoms with Crippen LogP contribution in [0.1, 0.15) is 258 Å². The minimum atomic E-state index is -1.66. The number of ether oxygens (including phenoxy) is 2. The normalized spacial score (nSPS) is 20.9. The van der Waals surface area contributed by atoms with Crippen LogP contribution < -0.4 is 5.32 Å². The van der Waals surface area contributed by atoms with Crippen LogP contribution in [0.5, 0.6) is 0 Å². The van der Waals surface area contributed by atoms with Gasteiger partial charge in [-0.2, -0.15) is 0 Å². The maximum Gasteiger partial charge on any atom is 0.249 e. The number of amides is 1. The number of hydrogen-bond acceptors (Lipinski definition) is 10. The Morgan fingerprint density at radius 3 is 1.32 bits per heavy atom. The van der Waals surface area contributed by atoms with Crippen molar-refractivity contribution in [2.24, 2.45) is 0 Å². The molecule has 1 saturated heterocycles. The van der Waals surface area contributed by atoms with Crippen LogP contribution in [0.25, 0.3) is 0 Å². The Bertz CT molecular complexity index is 1060. The molecule has 65 heavy (non-hydrogen) atoms. The van der Waals surface area contributed by atoms with E-state index in [1.165, 1.54) is 186 Å². The van der Waals surface area contributed by atoms with Crippen LogP contribution in [0, 0.1) is 0 Å². The van der Waals surface area contributed by atoms with E-state index < -0.39 is 74.2 Å². The van der Waals surface area contributed by atoms with Crippen molar-refractivity contribution in [3.05, 3.63) is 12.2 Å². The van der Waals surface area contributed by atoms with Gasteiger partial charge in [-0.3, -0.25) is 4.79 Å². The fourth-order valence-electron chi connectivity index (χ4n) is 9.03.